The number of hydrogen-bond donors (Lipinski definition) is 0. The van der Waals surface area contributed by atoms with Gasteiger partial charge < -0.3 is 28.1 Å². The summed E-state index contributed by atoms with van der Waals surface area (Å²) in [5, 5.41) is 25.2. The molecule has 6 heterocycles. The molecular formula is C92H55BN8. The zero-order chi connectivity index (χ0) is 88.3. The highest BCUT2D eigenvalue weighted by Crippen LogP contribution is 2.50. The van der Waals surface area contributed by atoms with Gasteiger partial charge in [-0.15, -0.1) is 0 Å². The molecule has 9 heteroatoms. The van der Waals surface area contributed by atoms with Gasteiger partial charge in [-0.1, -0.05) is 218 Å². The lowest BCUT2D eigenvalue weighted by Gasteiger charge is -2.45. The first kappa shape index (κ1) is 37.0. The summed E-state index contributed by atoms with van der Waals surface area (Å²) in [7, 11) is 0. The Hall–Kier alpha value is -13.9. The minimum absolute atomic E-state index is 0.0564. The average Bonchev–Trinajstić information content (AvgIpc) is 1.24. The maximum absolute atomic E-state index is 11.6. The van der Waals surface area contributed by atoms with Crippen molar-refractivity contribution in [2.24, 2.45) is 0 Å². The maximum atomic E-state index is 11.6. The standard InChI is InChI=1S/C92H55BN8/c94-56-62-39-43-64(51-85(62)100-81-35-17-10-27-70(81)71-28-11-18-36-82(71)100)97-88-50-61(59-23-5-2-6-24-59)42-47-76(88)93-77-48-45-66(96-78-32-14-7-25-68(78)69-26-8-15-33-79(69)96)53-89(77)98(65-44-40-63(57-95)86(52-65)101-83-37-19-12-29-72(83)73-30-13-20-38-84(73)101)91-55-67(54-90(97)92(91)93)99-80-34-16-9-31-74(80)75-46-41-60(49-87(75)99)58-21-3-1-4-22-58/h1-55H/i1D,2D,3D,4D,5D,6D,7D,8D,9D,14D,15D,16D,21D,22D,23D,24D,25D,26D,31D,32D,33D,34D,41D,46D,49D. The van der Waals surface area contributed by atoms with Gasteiger partial charge in [0.2, 0.25) is 0 Å². The highest BCUT2D eigenvalue weighted by molar-refractivity contribution is 7.00. The first-order chi connectivity index (χ1) is 60.4. The van der Waals surface area contributed by atoms with Crippen molar-refractivity contribution >= 4 is 144 Å². The molecule has 0 unspecified atom stereocenters. The first-order valence-electron chi connectivity index (χ1n) is 44.8. The van der Waals surface area contributed by atoms with Crippen LogP contribution in [0.25, 0.3) is 132 Å². The lowest BCUT2D eigenvalue weighted by atomic mass is 9.33. The molecule has 0 aliphatic carbocycles. The molecule has 2 aliphatic rings. The average molecular weight is 1310 g/mol. The van der Waals surface area contributed by atoms with Crippen LogP contribution in [0.4, 0.5) is 34.1 Å². The molecule has 466 valence electrons. The van der Waals surface area contributed by atoms with E-state index in [0.717, 1.165) is 21.5 Å². The van der Waals surface area contributed by atoms with Gasteiger partial charge in [0.25, 0.3) is 6.71 Å². The van der Waals surface area contributed by atoms with Crippen molar-refractivity contribution in [3.63, 3.8) is 0 Å². The number of nitriles is 2. The van der Waals surface area contributed by atoms with Crippen LogP contribution in [-0.4, -0.2) is 25.0 Å². The van der Waals surface area contributed by atoms with Crippen LogP contribution < -0.4 is 26.2 Å². The molecule has 4 aromatic heterocycles. The number of rotatable bonds is 8. The molecule has 101 heavy (non-hydrogen) atoms. The topological polar surface area (TPSA) is 73.8 Å². The van der Waals surface area contributed by atoms with Crippen LogP contribution in [0.2, 0.25) is 0 Å². The highest BCUT2D eigenvalue weighted by Gasteiger charge is 2.45. The molecule has 21 rings (SSSR count). The van der Waals surface area contributed by atoms with E-state index in [4.69, 9.17) is 11.0 Å². The van der Waals surface area contributed by atoms with E-state index < -0.39 is 180 Å². The van der Waals surface area contributed by atoms with Crippen LogP contribution in [0.15, 0.2) is 333 Å². The molecule has 0 fully saturated rings. The summed E-state index contributed by atoms with van der Waals surface area (Å²) < 4.78 is 243. The Balaban J connectivity index is 0.985. The molecular weight excluding hydrogens is 1230 g/mol. The van der Waals surface area contributed by atoms with Gasteiger partial charge in [-0.25, -0.2) is 0 Å². The largest absolute Gasteiger partial charge is 0.311 e. The molecule has 0 amide bonds. The van der Waals surface area contributed by atoms with E-state index in [2.05, 4.69) is 12.1 Å². The predicted molar refractivity (Wildman–Crippen MR) is 418 cm³/mol. The molecule has 19 aromatic rings. The molecule has 0 radical (unpaired) electrons. The molecule has 8 nitrogen and oxygen atoms in total. The van der Waals surface area contributed by atoms with Crippen molar-refractivity contribution < 1.29 is 34.3 Å². The van der Waals surface area contributed by atoms with Crippen molar-refractivity contribution in [2.75, 3.05) is 9.80 Å². The molecule has 0 atom stereocenters. The van der Waals surface area contributed by atoms with E-state index in [1.165, 1.54) is 9.13 Å². The van der Waals surface area contributed by atoms with E-state index in [1.807, 2.05) is 116 Å². The number of benzene rings is 15. The quantitative estimate of drug-likeness (QED) is 0.142. The number of anilines is 6. The van der Waals surface area contributed by atoms with Gasteiger partial charge in [0.1, 0.15) is 12.1 Å². The van der Waals surface area contributed by atoms with E-state index in [0.29, 0.717) is 49.8 Å². The van der Waals surface area contributed by atoms with Crippen LogP contribution in [0, 0.1) is 22.7 Å². The smallest absolute Gasteiger partial charge is 0.252 e. The first-order valence-corrected chi connectivity index (χ1v) is 32.3. The molecule has 2 aliphatic heterocycles. The molecule has 0 spiro atoms. The van der Waals surface area contributed by atoms with Gasteiger partial charge in [0, 0.05) is 82.9 Å². The molecule has 0 saturated carbocycles. The van der Waals surface area contributed by atoms with E-state index in [-0.39, 0.29) is 100 Å². The number of aromatic nitrogens is 4. The summed E-state index contributed by atoms with van der Waals surface area (Å²) in [5.41, 5.74) is 3.67. The Morgan fingerprint density at radius 1 is 0.267 bits per heavy atom. The van der Waals surface area contributed by atoms with Gasteiger partial charge in [0.15, 0.2) is 0 Å². The third-order valence-electron chi connectivity index (χ3n) is 19.6. The maximum Gasteiger partial charge on any atom is 0.252 e. The minimum atomic E-state index is -1.12. The Labute approximate surface area is 616 Å². The number of hydrogen-bond acceptors (Lipinski definition) is 4. The molecule has 15 aromatic carbocycles. The van der Waals surface area contributed by atoms with Gasteiger partial charge in [-0.3, -0.25) is 0 Å². The fourth-order valence-corrected chi connectivity index (χ4v) is 15.5. The number of fused-ring (bicyclic) bond motifs is 16. The van der Waals surface area contributed by atoms with E-state index >= 15 is 0 Å². The van der Waals surface area contributed by atoms with Crippen molar-refractivity contribution in [3.05, 3.63) is 344 Å². The lowest BCUT2D eigenvalue weighted by Crippen LogP contribution is -2.61. The second-order valence-electron chi connectivity index (χ2n) is 24.7. The second kappa shape index (κ2) is 21.8. The van der Waals surface area contributed by atoms with Gasteiger partial charge in [-0.2, -0.15) is 10.5 Å². The van der Waals surface area contributed by atoms with Crippen molar-refractivity contribution in [2.45, 2.75) is 0 Å². The fourth-order valence-electron chi connectivity index (χ4n) is 15.5. The Morgan fingerprint density at radius 2 is 0.653 bits per heavy atom. The summed E-state index contributed by atoms with van der Waals surface area (Å²) >= 11 is 0. The number of para-hydroxylation sites is 7. The summed E-state index contributed by atoms with van der Waals surface area (Å²) in [5.74, 6) is 0. The van der Waals surface area contributed by atoms with Crippen LogP contribution in [-0.2, 0) is 0 Å². The Kier molecular flexibility index (Phi) is 8.00. The van der Waals surface area contributed by atoms with Crippen molar-refractivity contribution in [1.82, 2.24) is 18.3 Å². The number of nitrogens with zero attached hydrogens (tertiary/aromatic N) is 8. The summed E-state index contributed by atoms with van der Waals surface area (Å²) in [6, 6.07) is 41.0. The summed E-state index contributed by atoms with van der Waals surface area (Å²) in [6.45, 7) is -1.12. The zero-order valence-electron chi connectivity index (χ0n) is 77.5. The van der Waals surface area contributed by atoms with E-state index in [9.17, 15) is 33.8 Å². The fraction of sp³-hybridized carbons (Fsp3) is 0. The normalized spacial score (nSPS) is 15.9. The van der Waals surface area contributed by atoms with Crippen LogP contribution in [0.3, 0.4) is 0 Å². The Morgan fingerprint density at radius 3 is 1.14 bits per heavy atom. The van der Waals surface area contributed by atoms with E-state index in [1.54, 1.807) is 84.9 Å². The van der Waals surface area contributed by atoms with Crippen molar-refractivity contribution in [3.8, 4) is 57.1 Å². The predicted octanol–water partition coefficient (Wildman–Crippen LogP) is 21.2. The molecule has 0 N–H and O–H groups in total. The zero-order valence-corrected chi connectivity index (χ0v) is 52.5. The van der Waals surface area contributed by atoms with Crippen LogP contribution in [0.5, 0.6) is 0 Å². The molecule has 0 saturated heterocycles. The lowest BCUT2D eigenvalue weighted by molar-refractivity contribution is 1.14. The molecule has 0 bridgehead atoms. The Bertz CT molecular complexity index is 8210. The summed E-state index contributed by atoms with van der Waals surface area (Å²) in [6.07, 6.45) is 0. The van der Waals surface area contributed by atoms with Crippen LogP contribution in [0.1, 0.15) is 45.4 Å². The van der Waals surface area contributed by atoms with Gasteiger partial charge in [0.05, 0.1) is 107 Å². The van der Waals surface area contributed by atoms with Gasteiger partial charge >= 0.3 is 0 Å². The SMILES string of the molecule is [2H]c1c([2H])c([2H])c(-c2ccc3c(c2)N(c2ccc(C#N)c(-n4c5ccccc5c5ccccc54)c2)c2cc(-n4c5c([2H])c([2H])c([2H])c([2H])c5c5c([2H])c([2H])c(-c6c([2H])c([2H])c([2H])c([2H])c6[2H])c([2H])c54)cc4c2B3c2ccc(-n3c5c([2H])c([2H])c([2H])c([2H])c5c5c([2H])c([2H])c([2H])c([2H])c53)cc2N4c2ccc(C#N)c(-n3c4ccccc4c4ccccc43)c2)c([2H])c1[2H]. The third kappa shape index (κ3) is 8.24. The minimum Gasteiger partial charge on any atom is -0.311 e. The monoisotopic (exact) mass is 1310 g/mol. The van der Waals surface area contributed by atoms with Gasteiger partial charge in [-0.05, 0) is 154 Å². The third-order valence-corrected chi connectivity index (χ3v) is 19.6. The van der Waals surface area contributed by atoms with Crippen LogP contribution >= 0.6 is 0 Å². The second-order valence-corrected chi connectivity index (χ2v) is 24.7. The summed E-state index contributed by atoms with van der Waals surface area (Å²) in [4.78, 5) is 3.65. The highest BCUT2D eigenvalue weighted by atomic mass is 15.2. The van der Waals surface area contributed by atoms with Crippen molar-refractivity contribution in [1.29, 1.82) is 10.5 Å².